The number of anilines is 2. The summed E-state index contributed by atoms with van der Waals surface area (Å²) in [6.45, 7) is 4.62. The molecule has 0 spiro atoms. The van der Waals surface area contributed by atoms with E-state index in [-0.39, 0.29) is 36.9 Å². The van der Waals surface area contributed by atoms with Gasteiger partial charge in [0.25, 0.3) is 5.56 Å². The van der Waals surface area contributed by atoms with Crippen molar-refractivity contribution < 1.29 is 9.53 Å². The highest BCUT2D eigenvalue weighted by molar-refractivity contribution is 5.95. The van der Waals surface area contributed by atoms with E-state index in [9.17, 15) is 14.4 Å². The summed E-state index contributed by atoms with van der Waals surface area (Å²) < 4.78 is 6.90. The van der Waals surface area contributed by atoms with E-state index < -0.39 is 11.2 Å². The van der Waals surface area contributed by atoms with Crippen molar-refractivity contribution in [3.05, 3.63) is 86.6 Å². The molecular weight excluding hydrogens is 408 g/mol. The van der Waals surface area contributed by atoms with Crippen LogP contribution >= 0.6 is 0 Å². The van der Waals surface area contributed by atoms with Crippen LogP contribution in [-0.2, 0) is 17.8 Å². The Kier molecular flexibility index (Phi) is 7.49. The van der Waals surface area contributed by atoms with E-state index in [1.54, 1.807) is 6.92 Å². The smallest absolute Gasteiger partial charge is 0.330 e. The molecule has 1 amide bonds. The Morgan fingerprint density at radius 2 is 1.75 bits per heavy atom. The molecule has 1 heterocycles. The van der Waals surface area contributed by atoms with Gasteiger partial charge in [-0.3, -0.25) is 19.1 Å². The monoisotopic (exact) mass is 436 g/mol. The molecule has 3 N–H and O–H groups in total. The molecule has 0 aliphatic rings. The Morgan fingerprint density at radius 3 is 2.44 bits per heavy atom. The second-order valence-electron chi connectivity index (χ2n) is 7.24. The Hall–Kier alpha value is -3.81. The molecule has 1 aromatic heterocycles. The van der Waals surface area contributed by atoms with Crippen LogP contribution in [0.4, 0.5) is 11.5 Å². The highest BCUT2D eigenvalue weighted by Crippen LogP contribution is 2.22. The van der Waals surface area contributed by atoms with Gasteiger partial charge < -0.3 is 15.4 Å². The summed E-state index contributed by atoms with van der Waals surface area (Å²) in [5, 5.41) is 0. The van der Waals surface area contributed by atoms with Gasteiger partial charge in [-0.25, -0.2) is 4.79 Å². The molecule has 3 aromatic rings. The van der Waals surface area contributed by atoms with Gasteiger partial charge in [0.15, 0.2) is 5.69 Å². The second kappa shape index (κ2) is 10.5. The van der Waals surface area contributed by atoms with E-state index in [1.165, 1.54) is 9.47 Å². The van der Waals surface area contributed by atoms with Gasteiger partial charge in [-0.15, -0.1) is 0 Å². The van der Waals surface area contributed by atoms with Gasteiger partial charge in [0.2, 0.25) is 5.91 Å². The first kappa shape index (κ1) is 22.9. The van der Waals surface area contributed by atoms with Crippen molar-refractivity contribution in [3.8, 4) is 5.75 Å². The van der Waals surface area contributed by atoms with Crippen LogP contribution in [0.25, 0.3) is 0 Å². The van der Waals surface area contributed by atoms with Crippen LogP contribution in [0.3, 0.4) is 0 Å². The Balaban J connectivity index is 1.88. The summed E-state index contributed by atoms with van der Waals surface area (Å²) in [4.78, 5) is 41.7. The minimum Gasteiger partial charge on any atom is -0.494 e. The first-order chi connectivity index (χ1) is 15.5. The summed E-state index contributed by atoms with van der Waals surface area (Å²) in [6.07, 6.45) is 0.613. The molecule has 0 aliphatic carbocycles. The summed E-state index contributed by atoms with van der Waals surface area (Å²) in [6, 6.07) is 16.8. The lowest BCUT2D eigenvalue weighted by molar-refractivity contribution is -0.118. The lowest BCUT2D eigenvalue weighted by Gasteiger charge is -2.23. The van der Waals surface area contributed by atoms with Crippen molar-refractivity contribution in [2.45, 2.75) is 33.2 Å². The number of hydrogen-bond donors (Lipinski definition) is 2. The van der Waals surface area contributed by atoms with Gasteiger partial charge in [-0.05, 0) is 37.5 Å². The maximum Gasteiger partial charge on any atom is 0.330 e. The molecule has 0 fully saturated rings. The molecule has 0 aliphatic heterocycles. The summed E-state index contributed by atoms with van der Waals surface area (Å²) in [5.41, 5.74) is 6.70. The number of nitrogens with one attached hydrogen (secondary N) is 1. The fourth-order valence-corrected chi connectivity index (χ4v) is 3.60. The van der Waals surface area contributed by atoms with Crippen LogP contribution in [0.15, 0.2) is 64.2 Å². The first-order valence-corrected chi connectivity index (χ1v) is 10.6. The zero-order valence-corrected chi connectivity index (χ0v) is 18.3. The predicted molar refractivity (Wildman–Crippen MR) is 125 cm³/mol. The molecular formula is C24H28N4O4. The zero-order chi connectivity index (χ0) is 23.1. The van der Waals surface area contributed by atoms with Crippen molar-refractivity contribution in [1.82, 2.24) is 9.55 Å². The number of carbonyl (C=O) groups excluding carboxylic acids is 1. The number of rotatable bonds is 9. The number of H-pyrrole nitrogens is 1. The van der Waals surface area contributed by atoms with E-state index in [0.717, 1.165) is 16.9 Å². The average Bonchev–Trinajstić information content (AvgIpc) is 2.79. The third kappa shape index (κ3) is 5.08. The van der Waals surface area contributed by atoms with Crippen LogP contribution in [-0.4, -0.2) is 28.6 Å². The van der Waals surface area contributed by atoms with Crippen molar-refractivity contribution in [2.24, 2.45) is 0 Å². The molecule has 8 heteroatoms. The lowest BCUT2D eigenvalue weighted by atomic mass is 10.1. The largest absolute Gasteiger partial charge is 0.494 e. The van der Waals surface area contributed by atoms with Crippen molar-refractivity contribution >= 4 is 17.4 Å². The molecule has 0 bridgehead atoms. The number of nitrogens with zero attached hydrogens (tertiary/aromatic N) is 2. The number of para-hydroxylation sites is 1. The molecule has 0 saturated heterocycles. The molecule has 8 nitrogen and oxygen atoms in total. The van der Waals surface area contributed by atoms with Crippen molar-refractivity contribution in [3.63, 3.8) is 0 Å². The molecule has 0 unspecified atom stereocenters. The third-order valence-electron chi connectivity index (χ3n) is 5.17. The third-order valence-corrected chi connectivity index (χ3v) is 5.17. The molecule has 32 heavy (non-hydrogen) atoms. The van der Waals surface area contributed by atoms with Gasteiger partial charge in [0.05, 0.1) is 13.2 Å². The fourth-order valence-electron chi connectivity index (χ4n) is 3.60. The van der Waals surface area contributed by atoms with Gasteiger partial charge in [-0.2, -0.15) is 0 Å². The number of nitrogen functional groups attached to an aromatic ring is 1. The van der Waals surface area contributed by atoms with Crippen LogP contribution in [0.1, 0.15) is 31.4 Å². The predicted octanol–water partition coefficient (Wildman–Crippen LogP) is 2.55. The minimum atomic E-state index is -0.679. The number of ether oxygens (including phenoxy) is 1. The second-order valence-corrected chi connectivity index (χ2v) is 7.24. The Labute approximate surface area is 186 Å². The molecule has 3 rings (SSSR count). The van der Waals surface area contributed by atoms with Gasteiger partial charge in [0, 0.05) is 13.0 Å². The van der Waals surface area contributed by atoms with E-state index in [0.29, 0.717) is 13.0 Å². The summed E-state index contributed by atoms with van der Waals surface area (Å²) in [5.74, 6) is 0.438. The molecule has 0 radical (unpaired) electrons. The number of aromatic nitrogens is 2. The number of aryl methyl sites for hydroxylation is 1. The number of aromatic amines is 1. The minimum absolute atomic E-state index is 0.00822. The fraction of sp³-hybridized carbons (Fsp3) is 0.292. The van der Waals surface area contributed by atoms with Crippen molar-refractivity contribution in [1.29, 1.82) is 0 Å². The van der Waals surface area contributed by atoms with Crippen LogP contribution < -0.4 is 26.6 Å². The van der Waals surface area contributed by atoms with Crippen LogP contribution in [0.5, 0.6) is 5.75 Å². The molecule has 0 saturated carbocycles. The highest BCUT2D eigenvalue weighted by atomic mass is 16.5. The van der Waals surface area contributed by atoms with Gasteiger partial charge >= 0.3 is 5.69 Å². The highest BCUT2D eigenvalue weighted by Gasteiger charge is 2.23. The summed E-state index contributed by atoms with van der Waals surface area (Å²) >= 11 is 0. The van der Waals surface area contributed by atoms with Crippen LogP contribution in [0, 0.1) is 0 Å². The SMILES string of the molecule is CCOc1ccccc1CCC(=O)N(CC)c1c(N)n(Cc2ccccc2)c(=O)[nH]c1=O. The number of hydrogen-bond acceptors (Lipinski definition) is 5. The number of amides is 1. The van der Waals surface area contributed by atoms with E-state index >= 15 is 0 Å². The van der Waals surface area contributed by atoms with E-state index in [4.69, 9.17) is 10.5 Å². The normalized spacial score (nSPS) is 10.7. The quantitative estimate of drug-likeness (QED) is 0.536. The summed E-state index contributed by atoms with van der Waals surface area (Å²) in [7, 11) is 0. The topological polar surface area (TPSA) is 110 Å². The maximum atomic E-state index is 13.1. The Bertz CT molecular complexity index is 1180. The molecule has 2 aromatic carbocycles. The van der Waals surface area contributed by atoms with Gasteiger partial charge in [-0.1, -0.05) is 48.5 Å². The molecule has 168 valence electrons. The number of nitrogens with two attached hydrogens (primary N) is 1. The average molecular weight is 437 g/mol. The Morgan fingerprint density at radius 1 is 1.06 bits per heavy atom. The van der Waals surface area contributed by atoms with Crippen molar-refractivity contribution in [2.75, 3.05) is 23.8 Å². The number of carbonyl (C=O) groups is 1. The first-order valence-electron chi connectivity index (χ1n) is 10.6. The van der Waals surface area contributed by atoms with E-state index in [1.807, 2.05) is 61.5 Å². The van der Waals surface area contributed by atoms with Gasteiger partial charge in [0.1, 0.15) is 11.6 Å². The maximum absolute atomic E-state index is 13.1. The molecule has 0 atom stereocenters. The zero-order valence-electron chi connectivity index (χ0n) is 18.3. The van der Waals surface area contributed by atoms with E-state index in [2.05, 4.69) is 4.98 Å². The standard InChI is InChI=1S/C24H28N4O4/c1-3-27(20(29)15-14-18-12-8-9-13-19(18)32-4-2)21-22(25)28(24(31)26-23(21)30)16-17-10-6-5-7-11-17/h5-13H,3-4,14-16,25H2,1-2H3,(H,26,30,31). The van der Waals surface area contributed by atoms with Crippen LogP contribution in [0.2, 0.25) is 0 Å². The lowest BCUT2D eigenvalue weighted by Crippen LogP contribution is -2.41. The number of benzene rings is 2.